The van der Waals surface area contributed by atoms with E-state index in [9.17, 15) is 4.79 Å². The lowest BCUT2D eigenvalue weighted by Gasteiger charge is -2.15. The quantitative estimate of drug-likeness (QED) is 0.563. The Morgan fingerprint density at radius 3 is 2.39 bits per heavy atom. The van der Waals surface area contributed by atoms with Gasteiger partial charge in [0.2, 0.25) is 5.75 Å². The number of aryl methyl sites for hydroxylation is 1. The van der Waals surface area contributed by atoms with Crippen LogP contribution >= 0.6 is 11.6 Å². The molecule has 0 aliphatic rings. The summed E-state index contributed by atoms with van der Waals surface area (Å²) < 4.78 is 21.3. The monoisotopic (exact) mass is 401 g/mol. The number of benzene rings is 2. The molecule has 0 radical (unpaired) electrons. The third kappa shape index (κ3) is 3.55. The molecule has 1 heterocycles. The molecule has 0 amide bonds. The van der Waals surface area contributed by atoms with Crippen molar-refractivity contribution in [1.82, 2.24) is 4.98 Å². The number of pyridine rings is 1. The molecule has 3 aromatic rings. The van der Waals surface area contributed by atoms with E-state index in [-0.39, 0.29) is 17.9 Å². The summed E-state index contributed by atoms with van der Waals surface area (Å²) in [6.07, 6.45) is 0. The van der Waals surface area contributed by atoms with Gasteiger partial charge in [-0.25, -0.2) is 9.78 Å². The van der Waals surface area contributed by atoms with Crippen molar-refractivity contribution in [3.63, 3.8) is 0 Å². The Kier molecular flexibility index (Phi) is 5.90. The van der Waals surface area contributed by atoms with E-state index >= 15 is 0 Å². The van der Waals surface area contributed by atoms with Crippen molar-refractivity contribution in [2.75, 3.05) is 21.3 Å². The molecule has 0 spiro atoms. The predicted octanol–water partition coefficient (Wildman–Crippen LogP) is 4.58. The Morgan fingerprint density at radius 2 is 1.71 bits per heavy atom. The van der Waals surface area contributed by atoms with E-state index in [2.05, 4.69) is 4.98 Å². The van der Waals surface area contributed by atoms with Crippen molar-refractivity contribution >= 4 is 28.5 Å². The normalized spacial score (nSPS) is 10.6. The number of nitrogens with zero attached hydrogens (tertiary/aromatic N) is 1. The fourth-order valence-electron chi connectivity index (χ4n) is 2.99. The highest BCUT2D eigenvalue weighted by Gasteiger charge is 2.22. The molecule has 0 unspecified atom stereocenters. The van der Waals surface area contributed by atoms with Gasteiger partial charge in [0.05, 0.1) is 37.6 Å². The predicted molar refractivity (Wildman–Crippen MR) is 107 cm³/mol. The standard InChI is InChI=1S/C21H20ClNO5/c1-12-13-7-5-6-8-15(13)23-16(18(12)22)11-28-21(24)14-9-10-17(25-2)20(27-4)19(14)26-3/h5-10H,11H2,1-4H3. The Balaban J connectivity index is 1.89. The third-order valence-electron chi connectivity index (χ3n) is 4.41. The van der Waals surface area contributed by atoms with E-state index in [0.717, 1.165) is 16.5 Å². The number of carbonyl (C=O) groups is 1. The van der Waals surface area contributed by atoms with Crippen molar-refractivity contribution in [2.24, 2.45) is 0 Å². The van der Waals surface area contributed by atoms with Gasteiger partial charge in [0.15, 0.2) is 11.5 Å². The molecule has 0 aliphatic carbocycles. The van der Waals surface area contributed by atoms with Gasteiger partial charge in [0.1, 0.15) is 12.2 Å². The number of fused-ring (bicyclic) bond motifs is 1. The van der Waals surface area contributed by atoms with Crippen LogP contribution < -0.4 is 14.2 Å². The minimum absolute atomic E-state index is 0.0686. The molecule has 1 aromatic heterocycles. The molecule has 0 bridgehead atoms. The molecule has 3 rings (SSSR count). The van der Waals surface area contributed by atoms with Crippen LogP contribution in [-0.2, 0) is 11.3 Å². The summed E-state index contributed by atoms with van der Waals surface area (Å²) in [5, 5.41) is 1.44. The number of esters is 1. The van der Waals surface area contributed by atoms with E-state index < -0.39 is 5.97 Å². The minimum atomic E-state index is -0.582. The van der Waals surface area contributed by atoms with Crippen molar-refractivity contribution in [2.45, 2.75) is 13.5 Å². The third-order valence-corrected chi connectivity index (χ3v) is 4.91. The fourth-order valence-corrected chi connectivity index (χ4v) is 3.19. The fraction of sp³-hybridized carbons (Fsp3) is 0.238. The summed E-state index contributed by atoms with van der Waals surface area (Å²) in [7, 11) is 4.42. The smallest absolute Gasteiger partial charge is 0.342 e. The van der Waals surface area contributed by atoms with Crippen LogP contribution in [-0.4, -0.2) is 32.3 Å². The first-order valence-corrected chi connectivity index (χ1v) is 8.89. The van der Waals surface area contributed by atoms with E-state index in [0.29, 0.717) is 22.2 Å². The molecule has 0 saturated heterocycles. The first-order valence-electron chi connectivity index (χ1n) is 8.51. The lowest BCUT2D eigenvalue weighted by Crippen LogP contribution is -2.10. The first-order chi connectivity index (χ1) is 13.5. The number of carbonyl (C=O) groups excluding carboxylic acids is 1. The molecular weight excluding hydrogens is 382 g/mol. The highest BCUT2D eigenvalue weighted by molar-refractivity contribution is 6.32. The second-order valence-corrected chi connectivity index (χ2v) is 6.35. The lowest BCUT2D eigenvalue weighted by molar-refractivity contribution is 0.0463. The maximum Gasteiger partial charge on any atom is 0.342 e. The van der Waals surface area contributed by atoms with E-state index in [1.54, 1.807) is 12.1 Å². The number of aromatic nitrogens is 1. The van der Waals surface area contributed by atoms with Crippen LogP contribution in [0.2, 0.25) is 5.02 Å². The van der Waals surface area contributed by atoms with E-state index in [1.807, 2.05) is 31.2 Å². The van der Waals surface area contributed by atoms with Crippen LogP contribution in [0.1, 0.15) is 21.6 Å². The molecule has 0 fully saturated rings. The largest absolute Gasteiger partial charge is 0.493 e. The Bertz CT molecular complexity index is 1030. The zero-order valence-corrected chi connectivity index (χ0v) is 16.8. The van der Waals surface area contributed by atoms with Gasteiger partial charge in [-0.05, 0) is 30.7 Å². The second kappa shape index (κ2) is 8.35. The summed E-state index contributed by atoms with van der Waals surface area (Å²) in [4.78, 5) is 17.2. The van der Waals surface area contributed by atoms with Crippen LogP contribution in [0.5, 0.6) is 17.2 Å². The Hall–Kier alpha value is -2.99. The molecule has 7 heteroatoms. The molecule has 146 valence electrons. The average molecular weight is 402 g/mol. The molecule has 2 aromatic carbocycles. The van der Waals surface area contributed by atoms with Gasteiger partial charge in [-0.15, -0.1) is 0 Å². The van der Waals surface area contributed by atoms with Crippen molar-refractivity contribution in [3.05, 3.63) is 58.2 Å². The van der Waals surface area contributed by atoms with Crippen LogP contribution in [0.15, 0.2) is 36.4 Å². The number of para-hydroxylation sites is 1. The van der Waals surface area contributed by atoms with Gasteiger partial charge >= 0.3 is 5.97 Å². The van der Waals surface area contributed by atoms with Crippen LogP contribution in [0, 0.1) is 6.92 Å². The number of methoxy groups -OCH3 is 3. The molecule has 28 heavy (non-hydrogen) atoms. The Morgan fingerprint density at radius 1 is 1.00 bits per heavy atom. The molecular formula is C21H20ClNO5. The maximum absolute atomic E-state index is 12.7. The second-order valence-electron chi connectivity index (χ2n) is 5.97. The summed E-state index contributed by atoms with van der Waals surface area (Å²) in [6, 6.07) is 10.8. The minimum Gasteiger partial charge on any atom is -0.493 e. The molecule has 0 N–H and O–H groups in total. The molecule has 0 atom stereocenters. The summed E-state index contributed by atoms with van der Waals surface area (Å²) in [5.41, 5.74) is 2.39. The highest BCUT2D eigenvalue weighted by Crippen LogP contribution is 2.40. The van der Waals surface area contributed by atoms with Crippen molar-refractivity contribution in [1.29, 1.82) is 0 Å². The van der Waals surface area contributed by atoms with Crippen molar-refractivity contribution < 1.29 is 23.7 Å². The van der Waals surface area contributed by atoms with Gasteiger partial charge in [0.25, 0.3) is 0 Å². The van der Waals surface area contributed by atoms with Crippen molar-refractivity contribution in [3.8, 4) is 17.2 Å². The van der Waals surface area contributed by atoms with E-state index in [1.165, 1.54) is 21.3 Å². The van der Waals surface area contributed by atoms with Gasteiger partial charge in [-0.3, -0.25) is 0 Å². The number of halogens is 1. The zero-order valence-electron chi connectivity index (χ0n) is 16.0. The van der Waals surface area contributed by atoms with Gasteiger partial charge < -0.3 is 18.9 Å². The first kappa shape index (κ1) is 19.8. The maximum atomic E-state index is 12.7. The summed E-state index contributed by atoms with van der Waals surface area (Å²) in [6.45, 7) is 1.84. The number of hydrogen-bond acceptors (Lipinski definition) is 6. The topological polar surface area (TPSA) is 66.9 Å². The lowest BCUT2D eigenvalue weighted by atomic mass is 10.1. The van der Waals surface area contributed by atoms with Crippen LogP contribution in [0.25, 0.3) is 10.9 Å². The Labute approximate surface area is 167 Å². The van der Waals surface area contributed by atoms with E-state index in [4.69, 9.17) is 30.5 Å². The van der Waals surface area contributed by atoms with Gasteiger partial charge in [-0.1, -0.05) is 29.8 Å². The summed E-state index contributed by atoms with van der Waals surface area (Å²) >= 11 is 6.43. The van der Waals surface area contributed by atoms with Gasteiger partial charge in [0, 0.05) is 5.39 Å². The van der Waals surface area contributed by atoms with Crippen LogP contribution in [0.3, 0.4) is 0 Å². The zero-order chi connectivity index (χ0) is 20.3. The number of ether oxygens (including phenoxy) is 4. The average Bonchev–Trinajstić information content (AvgIpc) is 2.73. The highest BCUT2D eigenvalue weighted by atomic mass is 35.5. The number of hydrogen-bond donors (Lipinski definition) is 0. The van der Waals surface area contributed by atoms with Gasteiger partial charge in [-0.2, -0.15) is 0 Å². The summed E-state index contributed by atoms with van der Waals surface area (Å²) in [5.74, 6) is 0.421. The molecule has 6 nitrogen and oxygen atoms in total. The SMILES string of the molecule is COc1ccc(C(=O)OCc2nc3ccccc3c(C)c2Cl)c(OC)c1OC. The number of rotatable bonds is 6. The molecule has 0 aliphatic heterocycles. The van der Waals surface area contributed by atoms with Crippen LogP contribution in [0.4, 0.5) is 0 Å². The molecule has 0 saturated carbocycles.